The van der Waals surface area contributed by atoms with Gasteiger partial charge in [-0.3, -0.25) is 9.35 Å². The zero-order valence-corrected chi connectivity index (χ0v) is 7.80. The van der Waals surface area contributed by atoms with Gasteiger partial charge in [-0.1, -0.05) is 6.92 Å². The van der Waals surface area contributed by atoms with Crippen LogP contribution in [0.5, 0.6) is 0 Å². The van der Waals surface area contributed by atoms with Gasteiger partial charge in [-0.15, -0.1) is 0 Å². The summed E-state index contributed by atoms with van der Waals surface area (Å²) in [5.41, 5.74) is 0. The third-order valence-electron chi connectivity index (χ3n) is 1.07. The summed E-state index contributed by atoms with van der Waals surface area (Å²) in [5.74, 6) is -1.23. The summed E-state index contributed by atoms with van der Waals surface area (Å²) >= 11 is 0. The van der Waals surface area contributed by atoms with Gasteiger partial charge in [-0.2, -0.15) is 8.42 Å². The van der Waals surface area contributed by atoms with Crippen LogP contribution in [-0.2, 0) is 19.6 Å². The topological polar surface area (TPSA) is 80.7 Å². The molecule has 5 nitrogen and oxygen atoms in total. The normalized spacial score (nSPS) is 13.9. The Kier molecular flexibility index (Phi) is 4.19. The molecular weight excluding hydrogens is 184 g/mol. The first kappa shape index (κ1) is 11.4. The van der Waals surface area contributed by atoms with Crippen LogP contribution in [0.2, 0.25) is 0 Å². The van der Waals surface area contributed by atoms with E-state index in [0.29, 0.717) is 0 Å². The number of carbonyl (C=O) groups excluding carboxylic acids is 1. The zero-order valence-electron chi connectivity index (χ0n) is 6.98. The molecule has 0 rings (SSSR count). The summed E-state index contributed by atoms with van der Waals surface area (Å²) in [7, 11) is -3.96. The van der Waals surface area contributed by atoms with Gasteiger partial charge in [-0.05, 0) is 0 Å². The number of hydrogen-bond acceptors (Lipinski definition) is 4. The minimum absolute atomic E-state index is 0.00905. The van der Waals surface area contributed by atoms with E-state index >= 15 is 0 Å². The summed E-state index contributed by atoms with van der Waals surface area (Å²) < 4.78 is 33.5. The maximum absolute atomic E-state index is 10.3. The van der Waals surface area contributed by atoms with Crippen LogP contribution in [0.15, 0.2) is 0 Å². The van der Waals surface area contributed by atoms with E-state index in [1.165, 1.54) is 6.92 Å². The summed E-state index contributed by atoms with van der Waals surface area (Å²) in [6.07, 6.45) is 0. The second-order valence-electron chi connectivity index (χ2n) is 2.66. The Bertz CT molecular complexity index is 243. The molecule has 0 aliphatic carbocycles. The van der Waals surface area contributed by atoms with Crippen molar-refractivity contribution in [2.24, 2.45) is 5.92 Å². The van der Waals surface area contributed by atoms with Crippen molar-refractivity contribution >= 4 is 16.1 Å². The largest absolute Gasteiger partial charge is 0.466 e. The molecule has 0 aliphatic rings. The van der Waals surface area contributed by atoms with Crippen LogP contribution in [0.4, 0.5) is 0 Å². The van der Waals surface area contributed by atoms with Gasteiger partial charge in [0.05, 0.1) is 12.4 Å². The van der Waals surface area contributed by atoms with Crippen molar-refractivity contribution in [3.63, 3.8) is 0 Å². The molecule has 0 amide bonds. The Balaban J connectivity index is 3.75. The number of rotatable bonds is 4. The highest BCUT2D eigenvalue weighted by Crippen LogP contribution is 2.00. The van der Waals surface area contributed by atoms with Crippen molar-refractivity contribution in [3.8, 4) is 0 Å². The van der Waals surface area contributed by atoms with Gasteiger partial charge in [-0.25, -0.2) is 0 Å². The molecule has 0 spiro atoms. The molecule has 0 saturated heterocycles. The zero-order chi connectivity index (χ0) is 9.78. The minimum atomic E-state index is -3.96. The van der Waals surface area contributed by atoms with Gasteiger partial charge in [0.1, 0.15) is 0 Å². The Hall–Kier alpha value is -0.620. The van der Waals surface area contributed by atoms with Crippen LogP contribution in [-0.4, -0.2) is 31.3 Å². The fourth-order valence-corrected chi connectivity index (χ4v) is 1.48. The number of carbonyl (C=O) groups is 1. The fraction of sp³-hybridized carbons (Fsp3) is 0.833. The van der Waals surface area contributed by atoms with E-state index in [-0.39, 0.29) is 18.3 Å². The second kappa shape index (κ2) is 4.42. The number of ether oxygens (including phenoxy) is 1. The average Bonchev–Trinajstić information content (AvgIpc) is 1.79. The Morgan fingerprint density at radius 3 is 2.42 bits per heavy atom. The second-order valence-corrected chi connectivity index (χ2v) is 4.15. The van der Waals surface area contributed by atoms with Gasteiger partial charge in [0.25, 0.3) is 10.1 Å². The molecule has 1 atom stereocenters. The molecule has 0 bridgehead atoms. The molecule has 0 aromatic heterocycles. The van der Waals surface area contributed by atoms with Crippen molar-refractivity contribution < 1.29 is 22.5 Å². The van der Waals surface area contributed by atoms with Gasteiger partial charge < -0.3 is 4.74 Å². The first-order valence-electron chi connectivity index (χ1n) is 3.40. The molecule has 12 heavy (non-hydrogen) atoms. The maximum atomic E-state index is 10.3. The van der Waals surface area contributed by atoms with E-state index in [0.717, 1.165) is 0 Å². The monoisotopic (exact) mass is 196 g/mol. The van der Waals surface area contributed by atoms with E-state index in [9.17, 15) is 13.2 Å². The smallest absolute Gasteiger partial charge is 0.302 e. The Morgan fingerprint density at radius 1 is 1.58 bits per heavy atom. The van der Waals surface area contributed by atoms with Gasteiger partial charge in [0.15, 0.2) is 0 Å². The lowest BCUT2D eigenvalue weighted by Crippen LogP contribution is -2.18. The Labute approximate surface area is 71.5 Å². The van der Waals surface area contributed by atoms with Crippen LogP contribution in [0, 0.1) is 5.92 Å². The highest BCUT2D eigenvalue weighted by atomic mass is 32.2. The van der Waals surface area contributed by atoms with E-state index in [1.807, 2.05) is 0 Å². The third kappa shape index (κ3) is 7.49. The van der Waals surface area contributed by atoms with Gasteiger partial charge in [0.2, 0.25) is 0 Å². The third-order valence-corrected chi connectivity index (χ3v) is 2.06. The first-order valence-corrected chi connectivity index (χ1v) is 5.00. The number of hydrogen-bond donors (Lipinski definition) is 1. The Morgan fingerprint density at radius 2 is 2.08 bits per heavy atom. The first-order chi connectivity index (χ1) is 5.31. The van der Waals surface area contributed by atoms with Crippen molar-refractivity contribution in [2.45, 2.75) is 13.8 Å². The van der Waals surface area contributed by atoms with Crippen molar-refractivity contribution in [1.82, 2.24) is 0 Å². The van der Waals surface area contributed by atoms with Crippen LogP contribution >= 0.6 is 0 Å². The van der Waals surface area contributed by atoms with Gasteiger partial charge in [0, 0.05) is 12.8 Å². The summed E-state index contributed by atoms with van der Waals surface area (Å²) in [6, 6.07) is 0. The average molecular weight is 196 g/mol. The van der Waals surface area contributed by atoms with E-state index in [1.54, 1.807) is 6.92 Å². The summed E-state index contributed by atoms with van der Waals surface area (Å²) in [4.78, 5) is 10.3. The molecule has 6 heteroatoms. The number of esters is 1. The van der Waals surface area contributed by atoms with Crippen LogP contribution in [0.3, 0.4) is 0 Å². The molecule has 1 N–H and O–H groups in total. The lowest BCUT2D eigenvalue weighted by Gasteiger charge is -2.08. The molecule has 0 radical (unpaired) electrons. The van der Waals surface area contributed by atoms with Crippen LogP contribution < -0.4 is 0 Å². The molecule has 0 aliphatic heterocycles. The standard InChI is InChI=1S/C6H12O5S/c1-5(3-11-6(2)7)4-12(8,9)10/h5H,3-4H2,1-2H3,(H,8,9,10)/t5-/m1/s1. The highest BCUT2D eigenvalue weighted by Gasteiger charge is 2.12. The molecule has 0 fully saturated rings. The van der Waals surface area contributed by atoms with Crippen molar-refractivity contribution in [3.05, 3.63) is 0 Å². The quantitative estimate of drug-likeness (QED) is 0.508. The van der Waals surface area contributed by atoms with E-state index in [2.05, 4.69) is 4.74 Å². The molecule has 0 unspecified atom stereocenters. The van der Waals surface area contributed by atoms with Crippen LogP contribution in [0.1, 0.15) is 13.8 Å². The fourth-order valence-electron chi connectivity index (χ4n) is 0.667. The maximum Gasteiger partial charge on any atom is 0.302 e. The van der Waals surface area contributed by atoms with E-state index in [4.69, 9.17) is 4.55 Å². The molecule has 0 aromatic carbocycles. The summed E-state index contributed by atoms with van der Waals surface area (Å²) in [5, 5.41) is 0. The molecular formula is C6H12O5S. The predicted molar refractivity (Wildman–Crippen MR) is 42.2 cm³/mol. The highest BCUT2D eigenvalue weighted by molar-refractivity contribution is 7.85. The van der Waals surface area contributed by atoms with Crippen LogP contribution in [0.25, 0.3) is 0 Å². The molecule has 0 saturated carbocycles. The molecule has 72 valence electrons. The molecule has 0 aromatic rings. The van der Waals surface area contributed by atoms with Crippen molar-refractivity contribution in [1.29, 1.82) is 0 Å². The lowest BCUT2D eigenvalue weighted by molar-refractivity contribution is -0.141. The minimum Gasteiger partial charge on any atom is -0.466 e. The lowest BCUT2D eigenvalue weighted by atomic mass is 10.2. The van der Waals surface area contributed by atoms with Crippen molar-refractivity contribution in [2.75, 3.05) is 12.4 Å². The summed E-state index contributed by atoms with van der Waals surface area (Å²) in [6.45, 7) is 2.81. The van der Waals surface area contributed by atoms with E-state index < -0.39 is 16.1 Å². The molecule has 0 heterocycles. The SMILES string of the molecule is CC(=O)OC[C@@H](C)CS(=O)(=O)O. The van der Waals surface area contributed by atoms with Gasteiger partial charge >= 0.3 is 5.97 Å². The predicted octanol–water partition coefficient (Wildman–Crippen LogP) is 0.0734.